The van der Waals surface area contributed by atoms with Crippen molar-refractivity contribution in [1.82, 2.24) is 4.90 Å². The van der Waals surface area contributed by atoms with Crippen molar-refractivity contribution in [3.05, 3.63) is 0 Å². The Morgan fingerprint density at radius 1 is 1.53 bits per heavy atom. The zero-order valence-electron chi connectivity index (χ0n) is 9.11. The second-order valence-corrected chi connectivity index (χ2v) is 5.74. The van der Waals surface area contributed by atoms with Gasteiger partial charge in [0.05, 0.1) is 4.99 Å². The Balaban J connectivity index is 1.80. The summed E-state index contributed by atoms with van der Waals surface area (Å²) < 4.78 is 0. The van der Waals surface area contributed by atoms with Gasteiger partial charge in [-0.25, -0.2) is 0 Å². The van der Waals surface area contributed by atoms with Crippen LogP contribution in [0.4, 0.5) is 0 Å². The van der Waals surface area contributed by atoms with Crippen LogP contribution in [0, 0.1) is 11.3 Å². The average molecular weight is 228 g/mol. The first kappa shape index (κ1) is 11.3. The van der Waals surface area contributed by atoms with Crippen LogP contribution in [0.1, 0.15) is 25.7 Å². The molecule has 2 aliphatic rings. The molecule has 1 atom stereocenters. The van der Waals surface area contributed by atoms with E-state index in [2.05, 4.69) is 4.90 Å². The highest BCUT2D eigenvalue weighted by Crippen LogP contribution is 2.49. The second-order valence-electron chi connectivity index (χ2n) is 5.22. The van der Waals surface area contributed by atoms with Gasteiger partial charge in [0.1, 0.15) is 0 Å². The van der Waals surface area contributed by atoms with Crippen molar-refractivity contribution in [2.75, 3.05) is 26.2 Å². The molecule has 0 aromatic rings. The van der Waals surface area contributed by atoms with Gasteiger partial charge < -0.3 is 15.7 Å². The van der Waals surface area contributed by atoms with Crippen LogP contribution in [-0.4, -0.2) is 41.2 Å². The van der Waals surface area contributed by atoms with Crippen molar-refractivity contribution in [2.45, 2.75) is 25.7 Å². The molecule has 0 aromatic heterocycles. The molecule has 2 rings (SSSR count). The Morgan fingerprint density at radius 2 is 2.27 bits per heavy atom. The Kier molecular flexibility index (Phi) is 3.28. The molecule has 0 spiro atoms. The third-order valence-corrected chi connectivity index (χ3v) is 3.84. The summed E-state index contributed by atoms with van der Waals surface area (Å²) in [6, 6.07) is 0. The third-order valence-electron chi connectivity index (χ3n) is 3.69. The minimum atomic E-state index is 0.332. The van der Waals surface area contributed by atoms with Gasteiger partial charge in [0.25, 0.3) is 0 Å². The molecule has 86 valence electrons. The standard InChI is InChI=1S/C11H20N2OS/c12-10(15)5-11(2-3-11)8-13-4-1-9(6-13)7-14/h9,14H,1-8H2,(H2,12,15). The zero-order valence-corrected chi connectivity index (χ0v) is 9.93. The van der Waals surface area contributed by atoms with Crippen LogP contribution < -0.4 is 5.73 Å². The molecule has 1 heterocycles. The first-order chi connectivity index (χ1) is 7.13. The Hall–Kier alpha value is -0.190. The fourth-order valence-electron chi connectivity index (χ4n) is 2.62. The summed E-state index contributed by atoms with van der Waals surface area (Å²) in [6.45, 7) is 3.64. The van der Waals surface area contributed by atoms with Crippen LogP contribution in [0.5, 0.6) is 0 Å². The van der Waals surface area contributed by atoms with Crippen LogP contribution >= 0.6 is 12.2 Å². The summed E-state index contributed by atoms with van der Waals surface area (Å²) in [5.41, 5.74) is 6.02. The van der Waals surface area contributed by atoms with Crippen molar-refractivity contribution in [3.8, 4) is 0 Å². The number of nitrogens with two attached hydrogens (primary N) is 1. The van der Waals surface area contributed by atoms with Crippen LogP contribution in [-0.2, 0) is 0 Å². The molecule has 15 heavy (non-hydrogen) atoms. The lowest BCUT2D eigenvalue weighted by molar-refractivity contribution is 0.209. The number of likely N-dealkylation sites (tertiary alicyclic amines) is 1. The lowest BCUT2D eigenvalue weighted by Gasteiger charge is -2.22. The summed E-state index contributed by atoms with van der Waals surface area (Å²) in [7, 11) is 0. The number of hydrogen-bond donors (Lipinski definition) is 2. The number of aliphatic hydroxyl groups is 1. The van der Waals surface area contributed by atoms with E-state index in [1.54, 1.807) is 0 Å². The lowest BCUT2D eigenvalue weighted by Crippen LogP contribution is -2.31. The van der Waals surface area contributed by atoms with Gasteiger partial charge in [0.15, 0.2) is 0 Å². The van der Waals surface area contributed by atoms with Gasteiger partial charge in [-0.15, -0.1) is 0 Å². The topological polar surface area (TPSA) is 49.5 Å². The summed E-state index contributed by atoms with van der Waals surface area (Å²) in [5.74, 6) is 0.491. The minimum absolute atomic E-state index is 0.332. The SMILES string of the molecule is NC(=S)CC1(CN2CCC(CO)C2)CC1. The molecule has 3 nitrogen and oxygen atoms in total. The van der Waals surface area contributed by atoms with Gasteiger partial charge in [0.2, 0.25) is 0 Å². The number of nitrogens with zero attached hydrogens (tertiary/aromatic N) is 1. The summed E-state index contributed by atoms with van der Waals surface area (Å²) in [5, 5.41) is 9.08. The largest absolute Gasteiger partial charge is 0.396 e. The molecule has 1 aliphatic heterocycles. The predicted molar refractivity (Wildman–Crippen MR) is 64.7 cm³/mol. The van der Waals surface area contributed by atoms with Gasteiger partial charge >= 0.3 is 0 Å². The fourth-order valence-corrected chi connectivity index (χ4v) is 2.92. The molecule has 0 bridgehead atoms. The van der Waals surface area contributed by atoms with Gasteiger partial charge in [-0.3, -0.25) is 0 Å². The Bertz CT molecular complexity index is 253. The number of rotatable bonds is 5. The zero-order chi connectivity index (χ0) is 10.9. The smallest absolute Gasteiger partial charge is 0.0733 e. The molecule has 1 unspecified atom stereocenters. The molecule has 1 saturated carbocycles. The normalized spacial score (nSPS) is 29.3. The van der Waals surface area contributed by atoms with E-state index in [0.29, 0.717) is 22.9 Å². The molecule has 0 aromatic carbocycles. The van der Waals surface area contributed by atoms with E-state index in [9.17, 15) is 0 Å². The molecule has 1 aliphatic carbocycles. The molecule has 0 radical (unpaired) electrons. The van der Waals surface area contributed by atoms with Gasteiger partial charge in [-0.2, -0.15) is 0 Å². The summed E-state index contributed by atoms with van der Waals surface area (Å²) in [4.78, 5) is 3.12. The van der Waals surface area contributed by atoms with E-state index in [1.165, 1.54) is 12.8 Å². The fraction of sp³-hybridized carbons (Fsp3) is 0.909. The van der Waals surface area contributed by atoms with Crippen LogP contribution in [0.2, 0.25) is 0 Å². The second kappa shape index (κ2) is 4.36. The maximum Gasteiger partial charge on any atom is 0.0733 e. The first-order valence-electron chi connectivity index (χ1n) is 5.75. The van der Waals surface area contributed by atoms with Crippen molar-refractivity contribution in [3.63, 3.8) is 0 Å². The highest BCUT2D eigenvalue weighted by molar-refractivity contribution is 7.80. The van der Waals surface area contributed by atoms with E-state index in [1.807, 2.05) is 0 Å². The van der Waals surface area contributed by atoms with Crippen molar-refractivity contribution in [2.24, 2.45) is 17.1 Å². The quantitative estimate of drug-likeness (QED) is 0.682. The minimum Gasteiger partial charge on any atom is -0.396 e. The van der Waals surface area contributed by atoms with E-state index < -0.39 is 0 Å². The van der Waals surface area contributed by atoms with E-state index >= 15 is 0 Å². The van der Waals surface area contributed by atoms with Crippen LogP contribution in [0.3, 0.4) is 0 Å². The molecule has 3 N–H and O–H groups in total. The van der Waals surface area contributed by atoms with E-state index in [-0.39, 0.29) is 0 Å². The van der Waals surface area contributed by atoms with Crippen molar-refractivity contribution >= 4 is 17.2 Å². The van der Waals surface area contributed by atoms with E-state index in [4.69, 9.17) is 23.1 Å². The van der Waals surface area contributed by atoms with E-state index in [0.717, 1.165) is 32.5 Å². The summed E-state index contributed by atoms with van der Waals surface area (Å²) in [6.07, 6.45) is 4.58. The monoisotopic (exact) mass is 228 g/mol. The lowest BCUT2D eigenvalue weighted by atomic mass is 10.0. The van der Waals surface area contributed by atoms with Crippen LogP contribution in [0.25, 0.3) is 0 Å². The predicted octanol–water partition coefficient (Wildman–Crippen LogP) is 0.757. The van der Waals surface area contributed by atoms with Crippen molar-refractivity contribution < 1.29 is 5.11 Å². The van der Waals surface area contributed by atoms with Crippen molar-refractivity contribution in [1.29, 1.82) is 0 Å². The van der Waals surface area contributed by atoms with Gasteiger partial charge in [0, 0.05) is 26.1 Å². The molecular formula is C11H20N2OS. The van der Waals surface area contributed by atoms with Gasteiger partial charge in [-0.1, -0.05) is 12.2 Å². The third kappa shape index (κ3) is 2.89. The Morgan fingerprint density at radius 3 is 2.73 bits per heavy atom. The molecule has 1 saturated heterocycles. The van der Waals surface area contributed by atoms with Crippen LogP contribution in [0.15, 0.2) is 0 Å². The number of thiocarbonyl (C=S) groups is 1. The highest BCUT2D eigenvalue weighted by Gasteiger charge is 2.44. The average Bonchev–Trinajstić information content (AvgIpc) is 2.76. The maximum atomic E-state index is 9.08. The molecule has 4 heteroatoms. The molecule has 0 amide bonds. The maximum absolute atomic E-state index is 9.08. The molecule has 2 fully saturated rings. The highest BCUT2D eigenvalue weighted by atomic mass is 32.1. The number of hydrogen-bond acceptors (Lipinski definition) is 3. The van der Waals surface area contributed by atoms with Gasteiger partial charge in [-0.05, 0) is 37.1 Å². The Labute approximate surface area is 96.6 Å². The number of aliphatic hydroxyl groups excluding tert-OH is 1. The summed E-state index contributed by atoms with van der Waals surface area (Å²) >= 11 is 4.99. The first-order valence-corrected chi connectivity index (χ1v) is 6.16. The molecular weight excluding hydrogens is 208 g/mol.